The maximum absolute atomic E-state index is 12.2. The van der Waals surface area contributed by atoms with Crippen LogP contribution in [0.5, 0.6) is 0 Å². The lowest BCUT2D eigenvalue weighted by molar-refractivity contribution is 0.102. The number of amides is 1. The lowest BCUT2D eigenvalue weighted by Gasteiger charge is -2.09. The van der Waals surface area contributed by atoms with Gasteiger partial charge >= 0.3 is 0 Å². The van der Waals surface area contributed by atoms with Crippen molar-refractivity contribution < 1.29 is 4.79 Å². The number of para-hydroxylation sites is 2. The van der Waals surface area contributed by atoms with Crippen LogP contribution in [-0.2, 0) is 0 Å². The predicted octanol–water partition coefficient (Wildman–Crippen LogP) is 3.72. The molecule has 0 spiro atoms. The normalized spacial score (nSPS) is 10.5. The molecule has 0 aliphatic heterocycles. The van der Waals surface area contributed by atoms with E-state index in [0.29, 0.717) is 16.3 Å². The highest BCUT2D eigenvalue weighted by molar-refractivity contribution is 6.34. The smallest absolute Gasteiger partial charge is 0.257 e. The molecule has 0 radical (unpaired) electrons. The van der Waals surface area contributed by atoms with Crippen molar-refractivity contribution in [3.63, 3.8) is 0 Å². The molecule has 0 atom stereocenters. The lowest BCUT2D eigenvalue weighted by Crippen LogP contribution is -2.14. The van der Waals surface area contributed by atoms with Crippen LogP contribution in [0.15, 0.2) is 54.7 Å². The summed E-state index contributed by atoms with van der Waals surface area (Å²) in [6.07, 6.45) is 1.61. The molecule has 3 N–H and O–H groups in total. The van der Waals surface area contributed by atoms with E-state index >= 15 is 0 Å². The molecule has 0 saturated carbocycles. The number of fused-ring (bicyclic) bond motifs is 1. The van der Waals surface area contributed by atoms with Gasteiger partial charge in [0.1, 0.15) is 0 Å². The first-order valence-electron chi connectivity index (χ1n) is 6.35. The van der Waals surface area contributed by atoms with Crippen LogP contribution in [0.25, 0.3) is 10.9 Å². The van der Waals surface area contributed by atoms with E-state index in [1.165, 1.54) is 0 Å². The molecule has 4 nitrogen and oxygen atoms in total. The average Bonchev–Trinajstić information content (AvgIpc) is 2.50. The Morgan fingerprint density at radius 2 is 1.95 bits per heavy atom. The van der Waals surface area contributed by atoms with E-state index in [2.05, 4.69) is 10.3 Å². The van der Waals surface area contributed by atoms with Crippen molar-refractivity contribution in [2.45, 2.75) is 0 Å². The highest BCUT2D eigenvalue weighted by Gasteiger charge is 2.12. The number of pyridine rings is 1. The summed E-state index contributed by atoms with van der Waals surface area (Å²) >= 11 is 5.92. The van der Waals surface area contributed by atoms with Gasteiger partial charge in [-0.1, -0.05) is 35.9 Å². The Morgan fingerprint density at radius 3 is 2.81 bits per heavy atom. The van der Waals surface area contributed by atoms with Gasteiger partial charge in [0.15, 0.2) is 0 Å². The van der Waals surface area contributed by atoms with Gasteiger partial charge in [0, 0.05) is 5.39 Å². The molecule has 0 saturated heterocycles. The summed E-state index contributed by atoms with van der Waals surface area (Å²) in [4.78, 5) is 16.5. The first-order chi connectivity index (χ1) is 10.1. The fraction of sp³-hybridized carbons (Fsp3) is 0. The predicted molar refractivity (Wildman–Crippen MR) is 85.6 cm³/mol. The van der Waals surface area contributed by atoms with E-state index in [4.69, 9.17) is 17.3 Å². The fourth-order valence-corrected chi connectivity index (χ4v) is 2.25. The van der Waals surface area contributed by atoms with Crippen molar-refractivity contribution in [2.24, 2.45) is 0 Å². The van der Waals surface area contributed by atoms with Gasteiger partial charge in [-0.25, -0.2) is 0 Å². The van der Waals surface area contributed by atoms with Gasteiger partial charge in [-0.05, 0) is 24.3 Å². The summed E-state index contributed by atoms with van der Waals surface area (Å²) in [6.45, 7) is 0. The lowest BCUT2D eigenvalue weighted by atomic mass is 10.1. The number of benzene rings is 2. The van der Waals surface area contributed by atoms with Crippen LogP contribution in [0.3, 0.4) is 0 Å². The van der Waals surface area contributed by atoms with Gasteiger partial charge in [0.25, 0.3) is 5.91 Å². The van der Waals surface area contributed by atoms with Crippen LogP contribution in [0.2, 0.25) is 5.02 Å². The summed E-state index contributed by atoms with van der Waals surface area (Å²) in [5.74, 6) is -0.313. The first-order valence-corrected chi connectivity index (χ1v) is 6.73. The minimum Gasteiger partial charge on any atom is -0.397 e. The highest BCUT2D eigenvalue weighted by Crippen LogP contribution is 2.23. The number of nitrogens with zero attached hydrogens (tertiary/aromatic N) is 1. The summed E-state index contributed by atoms with van der Waals surface area (Å²) in [5, 5.41) is 4.09. The number of aromatic nitrogens is 1. The van der Waals surface area contributed by atoms with Crippen molar-refractivity contribution in [2.75, 3.05) is 11.1 Å². The molecule has 0 aliphatic rings. The van der Waals surface area contributed by atoms with Crippen LogP contribution in [0.1, 0.15) is 10.4 Å². The van der Waals surface area contributed by atoms with Gasteiger partial charge in [0.2, 0.25) is 0 Å². The Bertz CT molecular complexity index is 833. The fourth-order valence-electron chi connectivity index (χ4n) is 2.07. The number of nitrogens with two attached hydrogens (primary N) is 1. The molecule has 21 heavy (non-hydrogen) atoms. The molecule has 0 aliphatic carbocycles. The second kappa shape index (κ2) is 5.42. The van der Waals surface area contributed by atoms with E-state index in [1.807, 2.05) is 30.3 Å². The second-order valence-electron chi connectivity index (χ2n) is 4.57. The van der Waals surface area contributed by atoms with Gasteiger partial charge < -0.3 is 11.1 Å². The SMILES string of the molecule is Nc1c(Cl)cccc1C(=O)Nc1cnc2ccccc2c1. The minimum atomic E-state index is -0.313. The molecule has 0 bridgehead atoms. The number of nitrogens with one attached hydrogen (secondary N) is 1. The highest BCUT2D eigenvalue weighted by atomic mass is 35.5. The summed E-state index contributed by atoms with van der Waals surface area (Å²) in [6, 6.07) is 14.5. The second-order valence-corrected chi connectivity index (χ2v) is 4.98. The Morgan fingerprint density at radius 1 is 1.14 bits per heavy atom. The maximum atomic E-state index is 12.2. The molecule has 3 aromatic rings. The number of hydrogen-bond acceptors (Lipinski definition) is 3. The first kappa shape index (κ1) is 13.4. The molecule has 0 unspecified atom stereocenters. The summed E-state index contributed by atoms with van der Waals surface area (Å²) in [5.41, 5.74) is 7.91. The third-order valence-corrected chi connectivity index (χ3v) is 3.48. The van der Waals surface area contributed by atoms with E-state index < -0.39 is 0 Å². The Hall–Kier alpha value is -2.59. The van der Waals surface area contributed by atoms with Crippen LogP contribution in [0, 0.1) is 0 Å². The molecule has 5 heteroatoms. The third kappa shape index (κ3) is 2.66. The average molecular weight is 298 g/mol. The van der Waals surface area contributed by atoms with Crippen LogP contribution in [-0.4, -0.2) is 10.9 Å². The zero-order valence-electron chi connectivity index (χ0n) is 11.0. The Labute approximate surface area is 126 Å². The number of carbonyl (C=O) groups is 1. The molecule has 3 rings (SSSR count). The summed E-state index contributed by atoms with van der Waals surface area (Å²) in [7, 11) is 0. The maximum Gasteiger partial charge on any atom is 0.257 e. The Balaban J connectivity index is 1.91. The van der Waals surface area contributed by atoms with Crippen molar-refractivity contribution in [1.82, 2.24) is 4.98 Å². The van der Waals surface area contributed by atoms with Crippen LogP contribution < -0.4 is 11.1 Å². The molecule has 2 aromatic carbocycles. The topological polar surface area (TPSA) is 68.0 Å². The van der Waals surface area contributed by atoms with E-state index in [-0.39, 0.29) is 11.6 Å². The standard InChI is InChI=1S/C16H12ClN3O/c17-13-6-3-5-12(15(13)18)16(21)20-11-8-10-4-1-2-7-14(10)19-9-11/h1-9H,18H2,(H,20,21). The molecule has 0 fully saturated rings. The molecule has 1 aromatic heterocycles. The van der Waals surface area contributed by atoms with Crippen LogP contribution >= 0.6 is 11.6 Å². The monoisotopic (exact) mass is 297 g/mol. The number of hydrogen-bond donors (Lipinski definition) is 2. The molecule has 1 amide bonds. The van der Waals surface area contributed by atoms with Crippen molar-refractivity contribution in [3.8, 4) is 0 Å². The summed E-state index contributed by atoms with van der Waals surface area (Å²) < 4.78 is 0. The van der Waals surface area contributed by atoms with E-state index in [0.717, 1.165) is 10.9 Å². The number of carbonyl (C=O) groups excluding carboxylic acids is 1. The number of anilines is 2. The van der Waals surface area contributed by atoms with Crippen molar-refractivity contribution in [1.29, 1.82) is 0 Å². The number of halogens is 1. The number of nitrogen functional groups attached to an aromatic ring is 1. The van der Waals surface area contributed by atoms with Crippen molar-refractivity contribution in [3.05, 3.63) is 65.3 Å². The minimum absolute atomic E-state index is 0.269. The molecule has 104 valence electrons. The van der Waals surface area contributed by atoms with Gasteiger partial charge in [0.05, 0.1) is 33.7 Å². The van der Waals surface area contributed by atoms with Crippen molar-refractivity contribution >= 4 is 39.8 Å². The Kier molecular flexibility index (Phi) is 3.46. The molecular formula is C16H12ClN3O. The van der Waals surface area contributed by atoms with Gasteiger partial charge in [-0.2, -0.15) is 0 Å². The molecule has 1 heterocycles. The van der Waals surface area contributed by atoms with Gasteiger partial charge in [-0.15, -0.1) is 0 Å². The quantitative estimate of drug-likeness (QED) is 0.708. The largest absolute Gasteiger partial charge is 0.397 e. The van der Waals surface area contributed by atoms with E-state index in [9.17, 15) is 4.79 Å². The van der Waals surface area contributed by atoms with Crippen LogP contribution in [0.4, 0.5) is 11.4 Å². The zero-order chi connectivity index (χ0) is 14.8. The zero-order valence-corrected chi connectivity index (χ0v) is 11.8. The number of rotatable bonds is 2. The van der Waals surface area contributed by atoms with Gasteiger partial charge in [-0.3, -0.25) is 9.78 Å². The third-order valence-electron chi connectivity index (χ3n) is 3.15. The van der Waals surface area contributed by atoms with E-state index in [1.54, 1.807) is 24.4 Å². The molecular weight excluding hydrogens is 286 g/mol.